The molecule has 1 saturated heterocycles. The average Bonchev–Trinajstić information content (AvgIpc) is 1.33. The van der Waals surface area contributed by atoms with E-state index in [4.69, 9.17) is 0 Å². The van der Waals surface area contributed by atoms with Crippen molar-refractivity contribution >= 4 is 5.91 Å². The SMILES string of the molecule is C[C@H]1CC(=O)N1. The topological polar surface area (TPSA) is 29.1 Å². The van der Waals surface area contributed by atoms with Crippen LogP contribution in [0.5, 0.6) is 0 Å². The molecule has 1 atom stereocenters. The Hall–Kier alpha value is -0.530. The van der Waals surface area contributed by atoms with Crippen LogP contribution in [0.3, 0.4) is 0 Å². The third kappa shape index (κ3) is 0.379. The minimum Gasteiger partial charge on any atom is -0.353 e. The lowest BCUT2D eigenvalue weighted by molar-refractivity contribution is -0.127. The Morgan fingerprint density at radius 3 is 2.50 bits per heavy atom. The summed E-state index contributed by atoms with van der Waals surface area (Å²) >= 11 is 0. The van der Waals surface area contributed by atoms with Crippen LogP contribution in [0.1, 0.15) is 13.3 Å². The van der Waals surface area contributed by atoms with Crippen LogP contribution >= 0.6 is 0 Å². The molecule has 1 fully saturated rings. The predicted octanol–water partition coefficient (Wildman–Crippen LogP) is -0.105. The van der Waals surface area contributed by atoms with Crippen molar-refractivity contribution in [2.45, 2.75) is 19.4 Å². The third-order valence-electron chi connectivity index (χ3n) is 0.899. The lowest BCUT2D eigenvalue weighted by Gasteiger charge is -2.21. The number of β-lactam (4-membered cyclic amide) rings is 1. The van der Waals surface area contributed by atoms with Crippen LogP contribution in [0.15, 0.2) is 0 Å². The van der Waals surface area contributed by atoms with Crippen LogP contribution in [0.25, 0.3) is 0 Å². The number of hydrogen-bond donors (Lipinski definition) is 1. The highest BCUT2D eigenvalue weighted by molar-refractivity contribution is 5.82. The highest BCUT2D eigenvalue weighted by Gasteiger charge is 2.18. The summed E-state index contributed by atoms with van der Waals surface area (Å²) < 4.78 is 0. The van der Waals surface area contributed by atoms with Crippen LogP contribution in [0.2, 0.25) is 0 Å². The van der Waals surface area contributed by atoms with Crippen LogP contribution < -0.4 is 5.32 Å². The van der Waals surface area contributed by atoms with E-state index in [1.165, 1.54) is 0 Å². The molecule has 1 rings (SSSR count). The van der Waals surface area contributed by atoms with E-state index in [0.717, 1.165) is 6.42 Å². The van der Waals surface area contributed by atoms with Gasteiger partial charge in [-0.1, -0.05) is 0 Å². The molecule has 0 aromatic carbocycles. The van der Waals surface area contributed by atoms with Gasteiger partial charge in [0.25, 0.3) is 0 Å². The number of carbonyl (C=O) groups is 1. The lowest BCUT2D eigenvalue weighted by atomic mass is 10.1. The first-order valence-corrected chi connectivity index (χ1v) is 2.08. The van der Waals surface area contributed by atoms with E-state index in [1.54, 1.807) is 0 Å². The van der Waals surface area contributed by atoms with Crippen LogP contribution in [-0.2, 0) is 4.79 Å². The fourth-order valence-corrected chi connectivity index (χ4v) is 0.532. The summed E-state index contributed by atoms with van der Waals surface area (Å²) in [5, 5.41) is 2.67. The first-order valence-electron chi connectivity index (χ1n) is 2.08. The monoisotopic (exact) mass is 85.1 g/mol. The summed E-state index contributed by atoms with van der Waals surface area (Å²) in [5.41, 5.74) is 0. The molecule has 0 bridgehead atoms. The van der Waals surface area contributed by atoms with Gasteiger partial charge in [0.15, 0.2) is 0 Å². The van der Waals surface area contributed by atoms with Gasteiger partial charge in [-0.15, -0.1) is 0 Å². The largest absolute Gasteiger partial charge is 0.353 e. The molecule has 0 aromatic rings. The van der Waals surface area contributed by atoms with Crippen molar-refractivity contribution in [1.82, 2.24) is 5.32 Å². The zero-order valence-corrected chi connectivity index (χ0v) is 3.69. The van der Waals surface area contributed by atoms with Gasteiger partial charge in [-0.3, -0.25) is 4.79 Å². The minimum atomic E-state index is 0.183. The average molecular weight is 85.1 g/mol. The molecule has 1 aliphatic rings. The maximum absolute atomic E-state index is 10.00. The van der Waals surface area contributed by atoms with Crippen LogP contribution in [0.4, 0.5) is 0 Å². The Kier molecular flexibility index (Phi) is 0.587. The number of amides is 1. The summed E-state index contributed by atoms with van der Waals surface area (Å²) in [6.45, 7) is 1.99. The van der Waals surface area contributed by atoms with Gasteiger partial charge < -0.3 is 5.32 Å². The zero-order chi connectivity index (χ0) is 4.57. The number of rotatable bonds is 0. The van der Waals surface area contributed by atoms with Gasteiger partial charge in [0, 0.05) is 12.5 Å². The van der Waals surface area contributed by atoms with Gasteiger partial charge in [-0.25, -0.2) is 0 Å². The first kappa shape index (κ1) is 3.65. The van der Waals surface area contributed by atoms with Crippen molar-refractivity contribution in [1.29, 1.82) is 0 Å². The quantitative estimate of drug-likeness (QED) is 0.409. The molecule has 0 aliphatic carbocycles. The van der Waals surface area contributed by atoms with Crippen molar-refractivity contribution in [3.8, 4) is 0 Å². The molecule has 0 spiro atoms. The maximum Gasteiger partial charge on any atom is 0.222 e. The van der Waals surface area contributed by atoms with Crippen molar-refractivity contribution in [2.75, 3.05) is 0 Å². The Morgan fingerprint density at radius 1 is 2.00 bits per heavy atom. The van der Waals surface area contributed by atoms with Gasteiger partial charge >= 0.3 is 0 Å². The van der Waals surface area contributed by atoms with Gasteiger partial charge in [-0.05, 0) is 6.92 Å². The Bertz CT molecular complexity index is 71.6. The molecule has 0 unspecified atom stereocenters. The molecule has 0 saturated carbocycles. The molecule has 1 N–H and O–H groups in total. The summed E-state index contributed by atoms with van der Waals surface area (Å²) in [4.78, 5) is 10.00. The van der Waals surface area contributed by atoms with E-state index in [2.05, 4.69) is 5.32 Å². The van der Waals surface area contributed by atoms with E-state index in [0.29, 0.717) is 6.04 Å². The Morgan fingerprint density at radius 2 is 2.50 bits per heavy atom. The van der Waals surface area contributed by atoms with Crippen molar-refractivity contribution < 1.29 is 4.79 Å². The molecule has 2 heteroatoms. The van der Waals surface area contributed by atoms with Gasteiger partial charge in [0.05, 0.1) is 0 Å². The second kappa shape index (κ2) is 0.965. The molecule has 6 heavy (non-hydrogen) atoms. The highest BCUT2D eigenvalue weighted by atomic mass is 16.2. The molecule has 1 aliphatic heterocycles. The highest BCUT2D eigenvalue weighted by Crippen LogP contribution is 1.99. The third-order valence-corrected chi connectivity index (χ3v) is 0.899. The molecule has 1 amide bonds. The summed E-state index contributed by atoms with van der Waals surface area (Å²) in [6.07, 6.45) is 0.722. The maximum atomic E-state index is 10.00. The summed E-state index contributed by atoms with van der Waals surface area (Å²) in [7, 11) is 0. The molecule has 34 valence electrons. The van der Waals surface area contributed by atoms with Gasteiger partial charge in [-0.2, -0.15) is 0 Å². The zero-order valence-electron chi connectivity index (χ0n) is 3.69. The molecule has 0 aromatic heterocycles. The van der Waals surface area contributed by atoms with E-state index < -0.39 is 0 Å². The second-order valence-electron chi connectivity index (χ2n) is 1.67. The predicted molar refractivity (Wildman–Crippen MR) is 22.2 cm³/mol. The van der Waals surface area contributed by atoms with Crippen molar-refractivity contribution in [2.24, 2.45) is 0 Å². The molecule has 1 heterocycles. The van der Waals surface area contributed by atoms with E-state index in [9.17, 15) is 4.79 Å². The second-order valence-corrected chi connectivity index (χ2v) is 1.67. The summed E-state index contributed by atoms with van der Waals surface area (Å²) in [5.74, 6) is 0.183. The van der Waals surface area contributed by atoms with Gasteiger partial charge in [0.2, 0.25) is 5.91 Å². The van der Waals surface area contributed by atoms with E-state index in [1.807, 2.05) is 6.92 Å². The Balaban J connectivity index is 2.28. The first-order chi connectivity index (χ1) is 2.79. The normalized spacial score (nSPS) is 31.5. The van der Waals surface area contributed by atoms with Crippen molar-refractivity contribution in [3.05, 3.63) is 0 Å². The molecule has 2 nitrogen and oxygen atoms in total. The Labute approximate surface area is 36.5 Å². The number of nitrogens with one attached hydrogen (secondary N) is 1. The molecule has 0 radical (unpaired) electrons. The van der Waals surface area contributed by atoms with Crippen molar-refractivity contribution in [3.63, 3.8) is 0 Å². The van der Waals surface area contributed by atoms with Gasteiger partial charge in [0.1, 0.15) is 0 Å². The fourth-order valence-electron chi connectivity index (χ4n) is 0.532. The standard InChI is InChI=1S/C4H7NO/c1-3-2-4(6)5-3/h3H,2H2,1H3,(H,5,6)/t3-/m0/s1. The van der Waals surface area contributed by atoms with E-state index in [-0.39, 0.29) is 5.91 Å². The molecular formula is C4H7NO. The fraction of sp³-hybridized carbons (Fsp3) is 0.750. The number of carbonyl (C=O) groups excluding carboxylic acids is 1. The van der Waals surface area contributed by atoms with Crippen LogP contribution in [0, 0.1) is 0 Å². The van der Waals surface area contributed by atoms with Crippen LogP contribution in [-0.4, -0.2) is 11.9 Å². The minimum absolute atomic E-state index is 0.183. The lowest BCUT2D eigenvalue weighted by Crippen LogP contribution is -2.46. The number of hydrogen-bond acceptors (Lipinski definition) is 1. The van der Waals surface area contributed by atoms with E-state index >= 15 is 0 Å². The smallest absolute Gasteiger partial charge is 0.222 e. The summed E-state index contributed by atoms with van der Waals surface area (Å²) in [6, 6.07) is 0.442. The molecular weight excluding hydrogens is 78.0 g/mol.